The van der Waals surface area contributed by atoms with Crippen molar-refractivity contribution in [2.75, 3.05) is 33.8 Å². The normalized spacial score (nSPS) is 11.2. The van der Waals surface area contributed by atoms with Gasteiger partial charge in [-0.1, -0.05) is 24.3 Å². The lowest BCUT2D eigenvalue weighted by Gasteiger charge is -2.22. The van der Waals surface area contributed by atoms with Crippen LogP contribution in [0.4, 0.5) is 0 Å². The first-order valence-electron chi connectivity index (χ1n) is 9.62. The van der Waals surface area contributed by atoms with Crippen molar-refractivity contribution in [3.63, 3.8) is 0 Å². The number of benzene rings is 1. The predicted molar refractivity (Wildman–Crippen MR) is 130 cm³/mol. The molecule has 2 aromatic heterocycles. The lowest BCUT2D eigenvalue weighted by Crippen LogP contribution is -2.41. The maximum absolute atomic E-state index is 5.88. The molecule has 0 aliphatic heterocycles. The van der Waals surface area contributed by atoms with E-state index in [9.17, 15) is 0 Å². The van der Waals surface area contributed by atoms with E-state index >= 15 is 0 Å². The van der Waals surface area contributed by atoms with Crippen LogP contribution in [0.25, 0.3) is 5.65 Å². The molecule has 7 heteroatoms. The van der Waals surface area contributed by atoms with Crippen molar-refractivity contribution in [2.45, 2.75) is 20.3 Å². The van der Waals surface area contributed by atoms with Gasteiger partial charge in [0, 0.05) is 39.5 Å². The van der Waals surface area contributed by atoms with Gasteiger partial charge in [-0.3, -0.25) is 4.99 Å². The van der Waals surface area contributed by atoms with Crippen LogP contribution in [0.3, 0.4) is 0 Å². The van der Waals surface area contributed by atoms with Crippen molar-refractivity contribution in [3.8, 4) is 5.75 Å². The van der Waals surface area contributed by atoms with Gasteiger partial charge in [0.15, 0.2) is 5.96 Å². The minimum Gasteiger partial charge on any atom is -0.491 e. The number of aromatic nitrogens is 2. The van der Waals surface area contributed by atoms with Crippen LogP contribution in [0.15, 0.2) is 53.8 Å². The number of halogens is 1. The first kappa shape index (κ1) is 23.0. The Balaban J connectivity index is 0.00000300. The highest BCUT2D eigenvalue weighted by Crippen LogP contribution is 2.15. The number of aryl methyl sites for hydroxylation is 2. The molecule has 6 nitrogen and oxygen atoms in total. The van der Waals surface area contributed by atoms with Crippen molar-refractivity contribution >= 4 is 35.6 Å². The number of guanidine groups is 1. The van der Waals surface area contributed by atoms with E-state index in [0.29, 0.717) is 6.61 Å². The van der Waals surface area contributed by atoms with Gasteiger partial charge in [-0.05, 0) is 37.1 Å². The highest BCUT2D eigenvalue weighted by atomic mass is 127. The van der Waals surface area contributed by atoms with Crippen LogP contribution in [0, 0.1) is 13.8 Å². The molecule has 0 atom stereocenters. The lowest BCUT2D eigenvalue weighted by atomic mass is 10.2. The summed E-state index contributed by atoms with van der Waals surface area (Å²) in [4.78, 5) is 11.2. The molecule has 0 spiro atoms. The van der Waals surface area contributed by atoms with E-state index in [-0.39, 0.29) is 24.0 Å². The van der Waals surface area contributed by atoms with Gasteiger partial charge in [0.05, 0.1) is 12.2 Å². The molecular formula is C22H30IN5O. The van der Waals surface area contributed by atoms with Gasteiger partial charge in [-0.15, -0.1) is 24.0 Å². The molecule has 156 valence electrons. The van der Waals surface area contributed by atoms with Crippen molar-refractivity contribution in [1.82, 2.24) is 19.6 Å². The highest BCUT2D eigenvalue weighted by molar-refractivity contribution is 14.0. The minimum atomic E-state index is 0. The highest BCUT2D eigenvalue weighted by Gasteiger charge is 2.08. The first-order chi connectivity index (χ1) is 13.6. The molecule has 0 saturated heterocycles. The van der Waals surface area contributed by atoms with Crippen LogP contribution in [-0.4, -0.2) is 54.0 Å². The number of likely N-dealkylation sites (N-methyl/N-ethyl adjacent to an activating group) is 1. The molecule has 3 aromatic rings. The zero-order valence-corrected chi connectivity index (χ0v) is 19.9. The van der Waals surface area contributed by atoms with Crippen molar-refractivity contribution < 1.29 is 4.74 Å². The molecule has 0 saturated carbocycles. The maximum atomic E-state index is 5.88. The quantitative estimate of drug-likeness (QED) is 0.301. The number of hydrogen-bond donors (Lipinski definition) is 1. The molecule has 1 N–H and O–H groups in total. The second-order valence-electron chi connectivity index (χ2n) is 6.91. The third-order valence-corrected chi connectivity index (χ3v) is 4.74. The standard InChI is InChI=1S/C22H29N5O.HI/c1-17-8-5-6-10-20(17)28-15-14-26(4)22(23-3)24-12-11-19-16-27-13-7-9-18(2)21(27)25-19;/h5-10,13,16H,11-12,14-15H2,1-4H3,(H,23,24);1H. The summed E-state index contributed by atoms with van der Waals surface area (Å²) in [6.07, 6.45) is 4.97. The number of fused-ring (bicyclic) bond motifs is 1. The number of ether oxygens (including phenoxy) is 1. The number of aliphatic imine (C=N–C) groups is 1. The largest absolute Gasteiger partial charge is 0.491 e. The smallest absolute Gasteiger partial charge is 0.193 e. The minimum absolute atomic E-state index is 0. The maximum Gasteiger partial charge on any atom is 0.193 e. The van der Waals surface area contributed by atoms with E-state index in [1.807, 2.05) is 37.5 Å². The number of imidazole rings is 1. The topological polar surface area (TPSA) is 54.2 Å². The Labute approximate surface area is 190 Å². The van der Waals surface area contributed by atoms with Crippen LogP contribution in [-0.2, 0) is 6.42 Å². The number of rotatable bonds is 7. The molecule has 0 aliphatic rings. The summed E-state index contributed by atoms with van der Waals surface area (Å²) < 4.78 is 7.96. The van der Waals surface area contributed by atoms with E-state index in [4.69, 9.17) is 9.72 Å². The fourth-order valence-corrected chi connectivity index (χ4v) is 3.13. The average Bonchev–Trinajstić information content (AvgIpc) is 3.11. The molecule has 0 aliphatic carbocycles. The van der Waals surface area contributed by atoms with Crippen molar-refractivity contribution in [3.05, 3.63) is 65.6 Å². The third-order valence-electron chi connectivity index (χ3n) is 4.74. The Morgan fingerprint density at radius 1 is 1.17 bits per heavy atom. The zero-order chi connectivity index (χ0) is 19.9. The summed E-state index contributed by atoms with van der Waals surface area (Å²) in [7, 11) is 3.82. The van der Waals surface area contributed by atoms with Crippen LogP contribution in [0.1, 0.15) is 16.8 Å². The number of nitrogens with one attached hydrogen (secondary N) is 1. The summed E-state index contributed by atoms with van der Waals surface area (Å²) in [6.45, 7) is 6.27. The summed E-state index contributed by atoms with van der Waals surface area (Å²) in [5.74, 6) is 1.79. The molecule has 0 bridgehead atoms. The van der Waals surface area contributed by atoms with Gasteiger partial charge in [0.1, 0.15) is 18.0 Å². The van der Waals surface area contributed by atoms with Gasteiger partial charge in [-0.25, -0.2) is 4.98 Å². The molecule has 0 fully saturated rings. The van der Waals surface area contributed by atoms with Gasteiger partial charge >= 0.3 is 0 Å². The average molecular weight is 507 g/mol. The SMILES string of the molecule is CN=C(NCCc1cn2cccc(C)c2n1)N(C)CCOc1ccccc1C.I. The summed E-state index contributed by atoms with van der Waals surface area (Å²) in [6, 6.07) is 12.2. The number of nitrogens with zero attached hydrogens (tertiary/aromatic N) is 4. The monoisotopic (exact) mass is 507 g/mol. The van der Waals surface area contributed by atoms with Crippen LogP contribution < -0.4 is 10.1 Å². The molecular weight excluding hydrogens is 477 g/mol. The second-order valence-corrected chi connectivity index (χ2v) is 6.91. The van der Waals surface area contributed by atoms with Crippen LogP contribution >= 0.6 is 24.0 Å². The Bertz CT molecular complexity index is 953. The molecule has 0 amide bonds. The van der Waals surface area contributed by atoms with Crippen molar-refractivity contribution in [1.29, 1.82) is 0 Å². The van der Waals surface area contributed by atoms with Gasteiger partial charge < -0.3 is 19.4 Å². The Morgan fingerprint density at radius 3 is 2.66 bits per heavy atom. The van der Waals surface area contributed by atoms with Crippen LogP contribution in [0.2, 0.25) is 0 Å². The Morgan fingerprint density at radius 2 is 1.93 bits per heavy atom. The molecule has 29 heavy (non-hydrogen) atoms. The molecule has 1 aromatic carbocycles. The van der Waals surface area contributed by atoms with E-state index in [2.05, 4.69) is 51.8 Å². The first-order valence-corrected chi connectivity index (χ1v) is 9.62. The summed E-state index contributed by atoms with van der Waals surface area (Å²) in [5.41, 5.74) is 4.43. The number of para-hydroxylation sites is 1. The molecule has 0 unspecified atom stereocenters. The number of hydrogen-bond acceptors (Lipinski definition) is 3. The van der Waals surface area contributed by atoms with Gasteiger partial charge in [0.2, 0.25) is 0 Å². The lowest BCUT2D eigenvalue weighted by molar-refractivity contribution is 0.280. The Kier molecular flexibility index (Phi) is 8.75. The zero-order valence-electron chi connectivity index (χ0n) is 17.6. The number of pyridine rings is 1. The Hall–Kier alpha value is -2.29. The predicted octanol–water partition coefficient (Wildman–Crippen LogP) is 3.70. The fraction of sp³-hybridized carbons (Fsp3) is 0.364. The van der Waals surface area contributed by atoms with Crippen LogP contribution in [0.5, 0.6) is 5.75 Å². The van der Waals surface area contributed by atoms with Gasteiger partial charge in [-0.2, -0.15) is 0 Å². The van der Waals surface area contributed by atoms with E-state index in [1.165, 1.54) is 5.56 Å². The molecule has 2 heterocycles. The molecule has 3 rings (SSSR count). The van der Waals surface area contributed by atoms with E-state index < -0.39 is 0 Å². The van der Waals surface area contributed by atoms with Gasteiger partial charge in [0.25, 0.3) is 0 Å². The third kappa shape index (κ3) is 6.09. The second kappa shape index (κ2) is 11.0. The fourth-order valence-electron chi connectivity index (χ4n) is 3.13. The van der Waals surface area contributed by atoms with Crippen molar-refractivity contribution in [2.24, 2.45) is 4.99 Å². The molecule has 0 radical (unpaired) electrons. The van der Waals surface area contributed by atoms with E-state index in [0.717, 1.165) is 48.1 Å². The summed E-state index contributed by atoms with van der Waals surface area (Å²) in [5, 5.41) is 3.41. The summed E-state index contributed by atoms with van der Waals surface area (Å²) >= 11 is 0. The van der Waals surface area contributed by atoms with E-state index in [1.54, 1.807) is 7.05 Å².